The van der Waals surface area contributed by atoms with Gasteiger partial charge in [-0.3, -0.25) is 4.79 Å². The number of aromatic nitrogens is 1. The van der Waals surface area contributed by atoms with Crippen LogP contribution in [0.5, 0.6) is 0 Å². The molecule has 0 aliphatic rings. The number of hydrogen-bond acceptors (Lipinski definition) is 4. The predicted octanol–water partition coefficient (Wildman–Crippen LogP) is 2.23. The van der Waals surface area contributed by atoms with Crippen LogP contribution in [0.3, 0.4) is 0 Å². The number of hydrogen-bond donors (Lipinski definition) is 0. The molecule has 0 amide bonds. The average molecular weight is 235 g/mol. The molecule has 0 radical (unpaired) electrons. The largest absolute Gasteiger partial charge is 0.444 e. The molecular formula is C11H9NO3S. The molecule has 0 fully saturated rings. The van der Waals surface area contributed by atoms with E-state index in [1.807, 2.05) is 6.07 Å². The van der Waals surface area contributed by atoms with Crippen molar-refractivity contribution in [3.8, 4) is 0 Å². The first-order chi connectivity index (χ1) is 7.74. The fourth-order valence-electron chi connectivity index (χ4n) is 1.28. The van der Waals surface area contributed by atoms with Crippen molar-refractivity contribution in [2.75, 3.05) is 6.61 Å². The Balaban J connectivity index is 2.45. The molecule has 1 aromatic heterocycles. The molecule has 82 valence electrons. The Morgan fingerprint density at radius 1 is 1.50 bits per heavy atom. The van der Waals surface area contributed by atoms with Crippen LogP contribution in [0.4, 0.5) is 4.79 Å². The number of carbonyl (C=O) groups is 1. The van der Waals surface area contributed by atoms with Gasteiger partial charge in [0, 0.05) is 0 Å². The van der Waals surface area contributed by atoms with E-state index >= 15 is 0 Å². The van der Waals surface area contributed by atoms with Crippen LogP contribution in [0.1, 0.15) is 0 Å². The van der Waals surface area contributed by atoms with Gasteiger partial charge in [-0.1, -0.05) is 24.8 Å². The molecule has 1 heterocycles. The van der Waals surface area contributed by atoms with Gasteiger partial charge in [-0.15, -0.1) is 0 Å². The quantitative estimate of drug-likeness (QED) is 0.750. The number of fused-ring (bicyclic) bond motifs is 1. The van der Waals surface area contributed by atoms with Crippen LogP contribution in [-0.4, -0.2) is 16.7 Å². The van der Waals surface area contributed by atoms with Gasteiger partial charge in [-0.2, -0.15) is 3.96 Å². The van der Waals surface area contributed by atoms with E-state index in [-0.39, 0.29) is 12.2 Å². The molecule has 0 saturated carbocycles. The van der Waals surface area contributed by atoms with E-state index in [0.29, 0.717) is 5.39 Å². The van der Waals surface area contributed by atoms with E-state index in [1.165, 1.54) is 6.08 Å². The molecule has 2 rings (SSSR count). The summed E-state index contributed by atoms with van der Waals surface area (Å²) in [5.74, 6) is 0. The Hall–Kier alpha value is -1.88. The molecule has 2 aromatic rings. The molecule has 0 bridgehead atoms. The lowest BCUT2D eigenvalue weighted by Gasteiger charge is -1.98. The Kier molecular flexibility index (Phi) is 2.87. The molecule has 0 atom stereocenters. The fourth-order valence-corrected chi connectivity index (χ4v) is 2.18. The molecule has 0 aliphatic carbocycles. The van der Waals surface area contributed by atoms with Crippen LogP contribution < -0.4 is 5.56 Å². The Labute approximate surface area is 95.5 Å². The van der Waals surface area contributed by atoms with Crippen molar-refractivity contribution in [1.82, 2.24) is 3.96 Å². The first-order valence-corrected chi connectivity index (χ1v) is 5.40. The maximum atomic E-state index is 11.8. The molecule has 4 nitrogen and oxygen atoms in total. The highest BCUT2D eigenvalue weighted by Crippen LogP contribution is 2.15. The molecule has 5 heteroatoms. The third-order valence-electron chi connectivity index (χ3n) is 1.98. The van der Waals surface area contributed by atoms with Crippen LogP contribution in [0.25, 0.3) is 10.1 Å². The second-order valence-electron chi connectivity index (χ2n) is 3.05. The maximum Gasteiger partial charge on any atom is 0.431 e. The highest BCUT2D eigenvalue weighted by atomic mass is 32.1. The van der Waals surface area contributed by atoms with Crippen molar-refractivity contribution < 1.29 is 9.53 Å². The molecule has 0 aliphatic heterocycles. The van der Waals surface area contributed by atoms with E-state index in [1.54, 1.807) is 18.2 Å². The Morgan fingerprint density at radius 2 is 2.25 bits per heavy atom. The van der Waals surface area contributed by atoms with Crippen molar-refractivity contribution in [2.45, 2.75) is 0 Å². The van der Waals surface area contributed by atoms with Gasteiger partial charge < -0.3 is 4.74 Å². The lowest BCUT2D eigenvalue weighted by atomic mass is 10.3. The van der Waals surface area contributed by atoms with Gasteiger partial charge in [0.15, 0.2) is 0 Å². The van der Waals surface area contributed by atoms with E-state index in [0.717, 1.165) is 20.2 Å². The van der Waals surface area contributed by atoms with Crippen molar-refractivity contribution >= 4 is 27.7 Å². The van der Waals surface area contributed by atoms with Crippen molar-refractivity contribution in [1.29, 1.82) is 0 Å². The minimum Gasteiger partial charge on any atom is -0.444 e. The third-order valence-corrected chi connectivity index (χ3v) is 3.03. The number of nitrogens with zero attached hydrogens (tertiary/aromatic N) is 1. The highest BCUT2D eigenvalue weighted by molar-refractivity contribution is 7.14. The van der Waals surface area contributed by atoms with E-state index in [2.05, 4.69) is 6.58 Å². The van der Waals surface area contributed by atoms with Gasteiger partial charge in [0.05, 0.1) is 10.1 Å². The van der Waals surface area contributed by atoms with Crippen LogP contribution in [-0.2, 0) is 4.74 Å². The predicted molar refractivity (Wildman–Crippen MR) is 63.0 cm³/mol. The smallest absolute Gasteiger partial charge is 0.431 e. The van der Waals surface area contributed by atoms with Gasteiger partial charge in [0.1, 0.15) is 6.61 Å². The Bertz CT molecular complexity index is 597. The van der Waals surface area contributed by atoms with Crippen molar-refractivity contribution in [2.24, 2.45) is 0 Å². The van der Waals surface area contributed by atoms with Gasteiger partial charge >= 0.3 is 6.09 Å². The fraction of sp³-hybridized carbons (Fsp3) is 0.0909. The molecule has 0 spiro atoms. The summed E-state index contributed by atoms with van der Waals surface area (Å²) in [6.45, 7) is 3.53. The van der Waals surface area contributed by atoms with Gasteiger partial charge in [-0.25, -0.2) is 4.79 Å². The lowest BCUT2D eigenvalue weighted by Crippen LogP contribution is -2.22. The van der Waals surface area contributed by atoms with Gasteiger partial charge in [0.2, 0.25) is 0 Å². The SMILES string of the molecule is C=CCOC(=O)n1sc2ccccc2c1=O. The lowest BCUT2D eigenvalue weighted by molar-refractivity contribution is 0.162. The number of ether oxygens (including phenoxy) is 1. The van der Waals surface area contributed by atoms with Crippen molar-refractivity contribution in [3.63, 3.8) is 0 Å². The third kappa shape index (κ3) is 1.77. The molecule has 16 heavy (non-hydrogen) atoms. The van der Waals surface area contributed by atoms with Gasteiger partial charge in [-0.05, 0) is 23.7 Å². The van der Waals surface area contributed by atoms with Gasteiger partial charge in [0.25, 0.3) is 5.56 Å². The number of carbonyl (C=O) groups excluding carboxylic acids is 1. The summed E-state index contributed by atoms with van der Waals surface area (Å²) in [5.41, 5.74) is -0.338. The molecule has 0 saturated heterocycles. The second kappa shape index (κ2) is 4.32. The topological polar surface area (TPSA) is 48.3 Å². The molecular weight excluding hydrogens is 226 g/mol. The first kappa shape index (κ1) is 10.6. The zero-order chi connectivity index (χ0) is 11.5. The maximum absolute atomic E-state index is 11.8. The van der Waals surface area contributed by atoms with Crippen LogP contribution in [0.15, 0.2) is 41.7 Å². The standard InChI is InChI=1S/C11H9NO3S/c1-2-7-15-11(14)12-10(13)8-5-3-4-6-9(8)16-12/h2-6H,1,7H2. The molecule has 0 N–H and O–H groups in total. The first-order valence-electron chi connectivity index (χ1n) is 4.63. The molecule has 0 unspecified atom stereocenters. The van der Waals surface area contributed by atoms with E-state index < -0.39 is 6.09 Å². The van der Waals surface area contributed by atoms with Crippen LogP contribution >= 0.6 is 11.5 Å². The second-order valence-corrected chi connectivity index (χ2v) is 4.04. The summed E-state index contributed by atoms with van der Waals surface area (Å²) in [4.78, 5) is 23.3. The van der Waals surface area contributed by atoms with E-state index in [9.17, 15) is 9.59 Å². The summed E-state index contributed by atoms with van der Waals surface area (Å²) < 4.78 is 6.58. The highest BCUT2D eigenvalue weighted by Gasteiger charge is 2.13. The minimum absolute atomic E-state index is 0.0967. The summed E-state index contributed by atoms with van der Waals surface area (Å²) in [7, 11) is 0. The van der Waals surface area contributed by atoms with Crippen LogP contribution in [0.2, 0.25) is 0 Å². The average Bonchev–Trinajstić information content (AvgIpc) is 2.64. The monoisotopic (exact) mass is 235 g/mol. The van der Waals surface area contributed by atoms with Crippen LogP contribution in [0, 0.1) is 0 Å². The summed E-state index contributed by atoms with van der Waals surface area (Å²) in [6, 6.07) is 7.05. The summed E-state index contributed by atoms with van der Waals surface area (Å²) in [5, 5.41) is 0.531. The van der Waals surface area contributed by atoms with E-state index in [4.69, 9.17) is 4.74 Å². The minimum atomic E-state index is -0.661. The summed E-state index contributed by atoms with van der Waals surface area (Å²) >= 11 is 1.08. The normalized spacial score (nSPS) is 10.2. The number of rotatable bonds is 2. The number of benzene rings is 1. The van der Waals surface area contributed by atoms with Crippen molar-refractivity contribution in [3.05, 3.63) is 47.3 Å². The summed E-state index contributed by atoms with van der Waals surface area (Å²) in [6.07, 6.45) is 0.794. The zero-order valence-electron chi connectivity index (χ0n) is 8.38. The zero-order valence-corrected chi connectivity index (χ0v) is 9.20. The Morgan fingerprint density at radius 3 is 2.94 bits per heavy atom. The molecule has 1 aromatic carbocycles.